The summed E-state index contributed by atoms with van der Waals surface area (Å²) in [5.74, 6) is 2.42. The molecule has 6 nitrogen and oxygen atoms in total. The molecule has 0 saturated carbocycles. The first-order valence-corrected chi connectivity index (χ1v) is 8.37. The molecule has 2 aromatic heterocycles. The van der Waals surface area contributed by atoms with Crippen LogP contribution in [-0.4, -0.2) is 45.9 Å². The van der Waals surface area contributed by atoms with Crippen molar-refractivity contribution in [1.29, 1.82) is 0 Å². The van der Waals surface area contributed by atoms with Crippen molar-refractivity contribution in [3.05, 3.63) is 52.4 Å². The number of halogens is 1. The Balaban J connectivity index is 1.70. The van der Waals surface area contributed by atoms with Gasteiger partial charge in [0.05, 0.1) is 13.2 Å². The van der Waals surface area contributed by atoms with Gasteiger partial charge in [0.2, 0.25) is 0 Å². The number of aryl methyl sites for hydroxylation is 1. The Kier molecular flexibility index (Phi) is 4.08. The smallest absolute Gasteiger partial charge is 0.254 e. The molecule has 3 aromatic rings. The molecule has 0 bridgehead atoms. The van der Waals surface area contributed by atoms with E-state index in [9.17, 15) is 0 Å². The summed E-state index contributed by atoms with van der Waals surface area (Å²) in [4.78, 5) is 11.4. The Bertz CT molecular complexity index is 855. The minimum absolute atomic E-state index is 0.639. The molecule has 4 rings (SSSR count). The van der Waals surface area contributed by atoms with E-state index in [0.29, 0.717) is 12.2 Å². The van der Waals surface area contributed by atoms with Crippen molar-refractivity contribution in [3.8, 4) is 0 Å². The van der Waals surface area contributed by atoms with Gasteiger partial charge in [-0.1, -0.05) is 23.7 Å². The Labute approximate surface area is 145 Å². The summed E-state index contributed by atoms with van der Waals surface area (Å²) >= 11 is 5.94. The molecule has 1 aromatic carbocycles. The molecule has 124 valence electrons. The lowest BCUT2D eigenvalue weighted by Gasteiger charge is -2.28. The van der Waals surface area contributed by atoms with Crippen LogP contribution in [0.2, 0.25) is 5.02 Å². The average Bonchev–Trinajstić information content (AvgIpc) is 2.99. The van der Waals surface area contributed by atoms with Crippen molar-refractivity contribution in [1.82, 2.24) is 19.6 Å². The zero-order valence-corrected chi connectivity index (χ0v) is 14.2. The van der Waals surface area contributed by atoms with E-state index in [-0.39, 0.29) is 0 Å². The van der Waals surface area contributed by atoms with Crippen LogP contribution in [0.15, 0.2) is 30.3 Å². The monoisotopic (exact) mass is 343 g/mol. The van der Waals surface area contributed by atoms with Gasteiger partial charge in [-0.3, -0.25) is 0 Å². The standard InChI is InChI=1S/C17H18ClN5O/c1-12-10-16(22-6-8-24-9-7-22)23-17(19-12)20-15(21-23)11-13-2-4-14(18)5-3-13/h2-5,10H,6-9,11H2,1H3. The molecule has 0 atom stereocenters. The summed E-state index contributed by atoms with van der Waals surface area (Å²) in [6.45, 7) is 5.15. The molecule has 0 amide bonds. The van der Waals surface area contributed by atoms with E-state index in [1.807, 2.05) is 35.7 Å². The van der Waals surface area contributed by atoms with Crippen molar-refractivity contribution >= 4 is 23.2 Å². The molecule has 0 aliphatic carbocycles. The largest absolute Gasteiger partial charge is 0.378 e. The van der Waals surface area contributed by atoms with Gasteiger partial charge in [0.1, 0.15) is 5.82 Å². The van der Waals surface area contributed by atoms with Crippen LogP contribution < -0.4 is 4.90 Å². The minimum Gasteiger partial charge on any atom is -0.378 e. The second-order valence-electron chi connectivity index (χ2n) is 5.90. The van der Waals surface area contributed by atoms with E-state index in [2.05, 4.69) is 26.0 Å². The fraction of sp³-hybridized carbons (Fsp3) is 0.353. The molecular weight excluding hydrogens is 326 g/mol. The SMILES string of the molecule is Cc1cc(N2CCOCC2)n2nc(Cc3ccc(Cl)cc3)nc2n1. The van der Waals surface area contributed by atoms with E-state index in [1.165, 1.54) is 0 Å². The predicted molar refractivity (Wildman–Crippen MR) is 92.8 cm³/mol. The lowest BCUT2D eigenvalue weighted by atomic mass is 10.1. The number of hydrogen-bond donors (Lipinski definition) is 0. The van der Waals surface area contributed by atoms with E-state index in [1.54, 1.807) is 0 Å². The van der Waals surface area contributed by atoms with Crippen LogP contribution in [0.3, 0.4) is 0 Å². The fourth-order valence-corrected chi connectivity index (χ4v) is 3.01. The summed E-state index contributed by atoms with van der Waals surface area (Å²) < 4.78 is 7.28. The summed E-state index contributed by atoms with van der Waals surface area (Å²) in [7, 11) is 0. The van der Waals surface area contributed by atoms with Gasteiger partial charge in [-0.25, -0.2) is 4.98 Å². The molecular formula is C17H18ClN5O. The molecule has 7 heteroatoms. The van der Waals surface area contributed by atoms with Gasteiger partial charge in [0, 0.05) is 36.3 Å². The Morgan fingerprint density at radius 3 is 2.62 bits per heavy atom. The molecule has 0 unspecified atom stereocenters. The van der Waals surface area contributed by atoms with Crippen LogP contribution in [0.25, 0.3) is 5.78 Å². The molecule has 1 aliphatic heterocycles. The first-order valence-electron chi connectivity index (χ1n) is 7.99. The third-order valence-corrected chi connectivity index (χ3v) is 4.33. The lowest BCUT2D eigenvalue weighted by molar-refractivity contribution is 0.122. The molecule has 1 aliphatic rings. The Morgan fingerprint density at radius 1 is 1.12 bits per heavy atom. The number of nitrogens with zero attached hydrogens (tertiary/aromatic N) is 5. The number of aromatic nitrogens is 4. The Hall–Kier alpha value is -2.18. The highest BCUT2D eigenvalue weighted by Crippen LogP contribution is 2.19. The normalized spacial score (nSPS) is 15.2. The number of rotatable bonds is 3. The highest BCUT2D eigenvalue weighted by atomic mass is 35.5. The summed E-state index contributed by atoms with van der Waals surface area (Å²) in [5.41, 5.74) is 2.06. The summed E-state index contributed by atoms with van der Waals surface area (Å²) in [6.07, 6.45) is 0.655. The molecule has 3 heterocycles. The maximum atomic E-state index is 5.94. The Morgan fingerprint density at radius 2 is 1.88 bits per heavy atom. The number of anilines is 1. The fourth-order valence-electron chi connectivity index (χ4n) is 2.89. The van der Waals surface area contributed by atoms with Crippen LogP contribution in [0.1, 0.15) is 17.1 Å². The zero-order valence-electron chi connectivity index (χ0n) is 13.4. The number of morpholine rings is 1. The van der Waals surface area contributed by atoms with Crippen LogP contribution in [-0.2, 0) is 11.2 Å². The van der Waals surface area contributed by atoms with Crippen LogP contribution in [0.4, 0.5) is 5.82 Å². The van der Waals surface area contributed by atoms with E-state index < -0.39 is 0 Å². The molecule has 0 N–H and O–H groups in total. The van der Waals surface area contributed by atoms with Gasteiger partial charge < -0.3 is 9.64 Å². The topological polar surface area (TPSA) is 55.6 Å². The molecule has 1 saturated heterocycles. The maximum absolute atomic E-state index is 5.94. The van der Waals surface area contributed by atoms with E-state index in [0.717, 1.165) is 54.2 Å². The first kappa shape index (κ1) is 15.4. The van der Waals surface area contributed by atoms with Gasteiger partial charge >= 0.3 is 0 Å². The molecule has 24 heavy (non-hydrogen) atoms. The third kappa shape index (κ3) is 3.07. The minimum atomic E-state index is 0.639. The van der Waals surface area contributed by atoms with E-state index >= 15 is 0 Å². The highest BCUT2D eigenvalue weighted by molar-refractivity contribution is 6.30. The average molecular weight is 344 g/mol. The summed E-state index contributed by atoms with van der Waals surface area (Å²) in [6, 6.07) is 9.81. The van der Waals surface area contributed by atoms with Gasteiger partial charge in [0.25, 0.3) is 5.78 Å². The number of hydrogen-bond acceptors (Lipinski definition) is 5. The van der Waals surface area contributed by atoms with E-state index in [4.69, 9.17) is 16.3 Å². The first-order chi connectivity index (χ1) is 11.7. The predicted octanol–water partition coefficient (Wildman–Crippen LogP) is 2.51. The zero-order chi connectivity index (χ0) is 16.5. The highest BCUT2D eigenvalue weighted by Gasteiger charge is 2.17. The van der Waals surface area contributed by atoms with Gasteiger partial charge in [-0.05, 0) is 24.6 Å². The molecule has 1 fully saturated rings. The number of benzene rings is 1. The van der Waals surface area contributed by atoms with Crippen molar-refractivity contribution in [3.63, 3.8) is 0 Å². The van der Waals surface area contributed by atoms with Crippen LogP contribution in [0.5, 0.6) is 0 Å². The van der Waals surface area contributed by atoms with Crippen LogP contribution in [0, 0.1) is 6.92 Å². The number of ether oxygens (including phenoxy) is 1. The van der Waals surface area contributed by atoms with Gasteiger partial charge in [-0.15, -0.1) is 5.10 Å². The van der Waals surface area contributed by atoms with Gasteiger partial charge in [0.15, 0.2) is 5.82 Å². The second kappa shape index (κ2) is 6.37. The van der Waals surface area contributed by atoms with Crippen LogP contribution >= 0.6 is 11.6 Å². The molecule has 0 radical (unpaired) electrons. The number of fused-ring (bicyclic) bond motifs is 1. The maximum Gasteiger partial charge on any atom is 0.254 e. The van der Waals surface area contributed by atoms with Crippen molar-refractivity contribution in [2.75, 3.05) is 31.2 Å². The third-order valence-electron chi connectivity index (χ3n) is 4.08. The van der Waals surface area contributed by atoms with Crippen molar-refractivity contribution in [2.45, 2.75) is 13.3 Å². The van der Waals surface area contributed by atoms with Gasteiger partial charge in [-0.2, -0.15) is 9.50 Å². The quantitative estimate of drug-likeness (QED) is 0.731. The van der Waals surface area contributed by atoms with Crippen molar-refractivity contribution < 1.29 is 4.74 Å². The molecule has 0 spiro atoms. The second-order valence-corrected chi connectivity index (χ2v) is 6.33. The van der Waals surface area contributed by atoms with Crippen molar-refractivity contribution in [2.24, 2.45) is 0 Å². The lowest BCUT2D eigenvalue weighted by Crippen LogP contribution is -2.37. The summed E-state index contributed by atoms with van der Waals surface area (Å²) in [5, 5.41) is 5.40.